The Morgan fingerprint density at radius 1 is 1.11 bits per heavy atom. The average molecular weight is 388 g/mol. The van der Waals surface area contributed by atoms with Gasteiger partial charge in [-0.05, 0) is 49.4 Å². The summed E-state index contributed by atoms with van der Waals surface area (Å²) >= 11 is 5.97. The van der Waals surface area contributed by atoms with Crippen molar-refractivity contribution in [2.24, 2.45) is 0 Å². The molecule has 0 amide bonds. The van der Waals surface area contributed by atoms with Gasteiger partial charge in [-0.3, -0.25) is 9.78 Å². The Labute approximate surface area is 159 Å². The molecule has 1 aromatic heterocycles. The molecule has 7 heteroatoms. The number of Topliss-reactive ketones (excluding diaryl/α,β-unsaturated/α-hetero) is 1. The van der Waals surface area contributed by atoms with Crippen LogP contribution in [0.3, 0.4) is 0 Å². The normalized spacial score (nSPS) is 10.7. The predicted octanol–water partition coefficient (Wildman–Crippen LogP) is 4.38. The zero-order valence-corrected chi connectivity index (χ0v) is 15.3. The van der Waals surface area contributed by atoms with Gasteiger partial charge in [-0.2, -0.15) is 0 Å². The highest BCUT2D eigenvalue weighted by molar-refractivity contribution is 6.31. The first kappa shape index (κ1) is 18.8. The predicted molar refractivity (Wildman–Crippen MR) is 99.1 cm³/mol. The number of halogens is 2. The molecule has 0 atom stereocenters. The summed E-state index contributed by atoms with van der Waals surface area (Å²) in [5.41, 5.74) is 1.38. The highest BCUT2D eigenvalue weighted by atomic mass is 35.5. The second-order valence-electron chi connectivity index (χ2n) is 5.80. The molecule has 0 aliphatic carbocycles. The van der Waals surface area contributed by atoms with Crippen molar-refractivity contribution >= 4 is 34.3 Å². The van der Waals surface area contributed by atoms with Gasteiger partial charge in [0, 0.05) is 10.4 Å². The Balaban J connectivity index is 1.80. The Hall–Kier alpha value is -2.99. The maximum absolute atomic E-state index is 13.4. The number of benzene rings is 2. The van der Waals surface area contributed by atoms with Crippen molar-refractivity contribution in [3.63, 3.8) is 0 Å². The Kier molecular flexibility index (Phi) is 5.37. The number of pyridine rings is 1. The molecule has 3 rings (SSSR count). The summed E-state index contributed by atoms with van der Waals surface area (Å²) in [7, 11) is 1.37. The van der Waals surface area contributed by atoms with Gasteiger partial charge in [0.2, 0.25) is 5.78 Å². The first-order valence-corrected chi connectivity index (χ1v) is 8.37. The minimum atomic E-state index is -0.703. The summed E-state index contributed by atoms with van der Waals surface area (Å²) in [6.45, 7) is 1.12. The fourth-order valence-corrected chi connectivity index (χ4v) is 2.82. The molecule has 0 fully saturated rings. The molecule has 0 aliphatic rings. The second kappa shape index (κ2) is 7.72. The topological polar surface area (TPSA) is 65.5 Å². The number of esters is 1. The summed E-state index contributed by atoms with van der Waals surface area (Å²) in [6, 6.07) is 10.3. The number of aryl methyl sites for hydroxylation is 1. The van der Waals surface area contributed by atoms with Crippen LogP contribution in [0.25, 0.3) is 10.9 Å². The number of ketones is 1. The van der Waals surface area contributed by atoms with Crippen LogP contribution >= 0.6 is 11.6 Å². The molecule has 5 nitrogen and oxygen atoms in total. The quantitative estimate of drug-likeness (QED) is 0.480. The van der Waals surface area contributed by atoms with Gasteiger partial charge in [-0.25, -0.2) is 9.18 Å². The molecule has 0 spiro atoms. The van der Waals surface area contributed by atoms with Gasteiger partial charge in [0.05, 0.1) is 29.4 Å². The fourth-order valence-electron chi connectivity index (χ4n) is 2.63. The smallest absolute Gasteiger partial charge is 0.340 e. The lowest BCUT2D eigenvalue weighted by atomic mass is 10.1. The van der Waals surface area contributed by atoms with Crippen LogP contribution in [-0.4, -0.2) is 30.5 Å². The van der Waals surface area contributed by atoms with Crippen molar-refractivity contribution in [1.29, 1.82) is 0 Å². The molecule has 0 radical (unpaired) electrons. The zero-order valence-electron chi connectivity index (χ0n) is 14.6. The molecule has 27 heavy (non-hydrogen) atoms. The van der Waals surface area contributed by atoms with E-state index in [9.17, 15) is 14.0 Å². The number of ether oxygens (including phenoxy) is 2. The standard InChI is InChI=1S/C20H15ClFNO4/c1-11-15(8-12-7-13(21)3-5-17(12)23-11)20(25)27-10-18(24)16-9-14(22)4-6-19(16)26-2/h3-9H,10H2,1-2H3. The molecular formula is C20H15ClFNO4. The van der Waals surface area contributed by atoms with Gasteiger partial charge in [0.25, 0.3) is 0 Å². The van der Waals surface area contributed by atoms with Crippen LogP contribution in [0.4, 0.5) is 4.39 Å². The number of nitrogens with zero attached hydrogens (tertiary/aromatic N) is 1. The van der Waals surface area contributed by atoms with E-state index in [-0.39, 0.29) is 16.9 Å². The third kappa shape index (κ3) is 4.06. The molecule has 3 aromatic rings. The minimum absolute atomic E-state index is 0.00504. The maximum Gasteiger partial charge on any atom is 0.340 e. The van der Waals surface area contributed by atoms with Crippen LogP contribution in [0.15, 0.2) is 42.5 Å². The van der Waals surface area contributed by atoms with Crippen molar-refractivity contribution in [2.45, 2.75) is 6.92 Å². The van der Waals surface area contributed by atoms with E-state index in [2.05, 4.69) is 4.98 Å². The molecule has 0 saturated carbocycles. The van der Waals surface area contributed by atoms with E-state index in [1.54, 1.807) is 31.2 Å². The van der Waals surface area contributed by atoms with E-state index in [0.29, 0.717) is 21.6 Å². The monoisotopic (exact) mass is 387 g/mol. The third-order valence-electron chi connectivity index (χ3n) is 3.98. The summed E-state index contributed by atoms with van der Waals surface area (Å²) in [5.74, 6) is -1.66. The SMILES string of the molecule is COc1ccc(F)cc1C(=O)COC(=O)c1cc2cc(Cl)ccc2nc1C. The summed E-state index contributed by atoms with van der Waals surface area (Å²) in [4.78, 5) is 29.0. The van der Waals surface area contributed by atoms with Crippen LogP contribution in [-0.2, 0) is 4.74 Å². The van der Waals surface area contributed by atoms with Crippen LogP contribution < -0.4 is 4.74 Å². The highest BCUT2D eigenvalue weighted by Gasteiger charge is 2.18. The van der Waals surface area contributed by atoms with Crippen molar-refractivity contribution in [3.8, 4) is 5.75 Å². The summed E-state index contributed by atoms with van der Waals surface area (Å²) in [5, 5.41) is 1.19. The third-order valence-corrected chi connectivity index (χ3v) is 4.22. The van der Waals surface area contributed by atoms with Gasteiger partial charge >= 0.3 is 5.97 Å². The minimum Gasteiger partial charge on any atom is -0.496 e. The lowest BCUT2D eigenvalue weighted by molar-refractivity contribution is 0.0473. The first-order valence-electron chi connectivity index (χ1n) is 8.00. The van der Waals surface area contributed by atoms with Crippen molar-refractivity contribution < 1.29 is 23.5 Å². The van der Waals surface area contributed by atoms with E-state index < -0.39 is 24.2 Å². The largest absolute Gasteiger partial charge is 0.496 e. The second-order valence-corrected chi connectivity index (χ2v) is 6.24. The Morgan fingerprint density at radius 2 is 1.89 bits per heavy atom. The van der Waals surface area contributed by atoms with E-state index >= 15 is 0 Å². The molecule has 1 heterocycles. The van der Waals surface area contributed by atoms with E-state index in [4.69, 9.17) is 21.1 Å². The number of carbonyl (C=O) groups is 2. The van der Waals surface area contributed by atoms with Crippen LogP contribution in [0.2, 0.25) is 5.02 Å². The van der Waals surface area contributed by atoms with E-state index in [0.717, 1.165) is 6.07 Å². The number of hydrogen-bond acceptors (Lipinski definition) is 5. The zero-order chi connectivity index (χ0) is 19.6. The van der Waals surface area contributed by atoms with Crippen molar-refractivity contribution in [3.05, 3.63) is 70.1 Å². The number of hydrogen-bond donors (Lipinski definition) is 0. The molecule has 0 bridgehead atoms. The number of methoxy groups -OCH3 is 1. The van der Waals surface area contributed by atoms with Gasteiger partial charge < -0.3 is 9.47 Å². The lowest BCUT2D eigenvalue weighted by Crippen LogP contribution is -2.16. The molecule has 2 aromatic carbocycles. The molecule has 0 N–H and O–H groups in total. The Morgan fingerprint density at radius 3 is 2.63 bits per heavy atom. The molecule has 138 valence electrons. The number of aromatic nitrogens is 1. The van der Waals surface area contributed by atoms with Crippen LogP contribution in [0, 0.1) is 12.7 Å². The average Bonchev–Trinajstić information content (AvgIpc) is 2.65. The molecule has 0 saturated heterocycles. The summed E-state index contributed by atoms with van der Waals surface area (Å²) in [6.07, 6.45) is 0. The number of fused-ring (bicyclic) bond motifs is 1. The highest BCUT2D eigenvalue weighted by Crippen LogP contribution is 2.22. The van der Waals surface area contributed by atoms with Gasteiger partial charge in [0.15, 0.2) is 6.61 Å². The van der Waals surface area contributed by atoms with Crippen molar-refractivity contribution in [1.82, 2.24) is 4.98 Å². The van der Waals surface area contributed by atoms with Crippen LogP contribution in [0.1, 0.15) is 26.4 Å². The van der Waals surface area contributed by atoms with Crippen molar-refractivity contribution in [2.75, 3.05) is 13.7 Å². The molecule has 0 unspecified atom stereocenters. The first-order chi connectivity index (χ1) is 12.9. The van der Waals surface area contributed by atoms with Gasteiger partial charge in [0.1, 0.15) is 11.6 Å². The van der Waals surface area contributed by atoms with Crippen LogP contribution in [0.5, 0.6) is 5.75 Å². The van der Waals surface area contributed by atoms with E-state index in [1.165, 1.54) is 19.2 Å². The number of rotatable bonds is 5. The molecule has 0 aliphatic heterocycles. The summed E-state index contributed by atoms with van der Waals surface area (Å²) < 4.78 is 23.6. The van der Waals surface area contributed by atoms with E-state index in [1.807, 2.05) is 0 Å². The number of carbonyl (C=O) groups excluding carboxylic acids is 2. The fraction of sp³-hybridized carbons (Fsp3) is 0.150. The van der Waals surface area contributed by atoms with Gasteiger partial charge in [-0.1, -0.05) is 11.6 Å². The van der Waals surface area contributed by atoms with Gasteiger partial charge in [-0.15, -0.1) is 0 Å². The Bertz CT molecular complexity index is 1050. The molecular weight excluding hydrogens is 373 g/mol. The maximum atomic E-state index is 13.4. The lowest BCUT2D eigenvalue weighted by Gasteiger charge is -2.10.